The maximum Gasteiger partial charge on any atom is 0.410 e. The van der Waals surface area contributed by atoms with Crippen LogP contribution in [-0.2, 0) is 4.74 Å². The summed E-state index contributed by atoms with van der Waals surface area (Å²) >= 11 is 0. The molecule has 0 bridgehead atoms. The van der Waals surface area contributed by atoms with E-state index < -0.39 is 5.60 Å². The Morgan fingerprint density at radius 1 is 1.20 bits per heavy atom. The van der Waals surface area contributed by atoms with E-state index in [1.165, 1.54) is 12.8 Å². The zero-order valence-electron chi connectivity index (χ0n) is 17.0. The van der Waals surface area contributed by atoms with E-state index in [1.807, 2.05) is 32.7 Å². The van der Waals surface area contributed by atoms with Crippen molar-refractivity contribution in [1.29, 1.82) is 0 Å². The van der Waals surface area contributed by atoms with Crippen molar-refractivity contribution in [3.8, 4) is 0 Å². The summed E-state index contributed by atoms with van der Waals surface area (Å²) in [5.74, 6) is 2.13. The Labute approximate surface area is 153 Å². The molecule has 0 atom stereocenters. The first-order valence-electron chi connectivity index (χ1n) is 9.71. The van der Waals surface area contributed by atoms with Gasteiger partial charge in [0.1, 0.15) is 5.60 Å². The first kappa shape index (κ1) is 21.6. The van der Waals surface area contributed by atoms with Crippen molar-refractivity contribution in [3.63, 3.8) is 0 Å². The fourth-order valence-electron chi connectivity index (χ4n) is 2.93. The largest absolute Gasteiger partial charge is 0.444 e. The highest BCUT2D eigenvalue weighted by Crippen LogP contribution is 2.19. The molecule has 0 aliphatic carbocycles. The number of carbonyl (C=O) groups is 1. The van der Waals surface area contributed by atoms with Gasteiger partial charge in [0.05, 0.1) is 0 Å². The van der Waals surface area contributed by atoms with Crippen LogP contribution in [0.5, 0.6) is 0 Å². The average Bonchev–Trinajstić information content (AvgIpc) is 2.57. The number of aliphatic imine (C=N–C) groups is 1. The monoisotopic (exact) mass is 354 g/mol. The van der Waals surface area contributed by atoms with Crippen molar-refractivity contribution in [1.82, 2.24) is 15.5 Å². The highest BCUT2D eigenvalue weighted by molar-refractivity contribution is 5.79. The van der Waals surface area contributed by atoms with Crippen LogP contribution in [0, 0.1) is 11.8 Å². The van der Waals surface area contributed by atoms with Gasteiger partial charge in [-0.3, -0.25) is 4.99 Å². The van der Waals surface area contributed by atoms with Gasteiger partial charge in [-0.1, -0.05) is 26.7 Å². The number of carbonyl (C=O) groups excluding carboxylic acids is 1. The predicted octanol–water partition coefficient (Wildman–Crippen LogP) is 3.23. The van der Waals surface area contributed by atoms with Crippen LogP contribution in [0.25, 0.3) is 0 Å². The van der Waals surface area contributed by atoms with Crippen molar-refractivity contribution in [3.05, 3.63) is 0 Å². The molecule has 0 saturated carbocycles. The van der Waals surface area contributed by atoms with E-state index >= 15 is 0 Å². The molecule has 0 spiro atoms. The Morgan fingerprint density at radius 3 is 2.28 bits per heavy atom. The highest BCUT2D eigenvalue weighted by atomic mass is 16.6. The van der Waals surface area contributed by atoms with Gasteiger partial charge in [-0.15, -0.1) is 0 Å². The summed E-state index contributed by atoms with van der Waals surface area (Å²) in [5.41, 5.74) is -0.428. The molecule has 0 aromatic heterocycles. The van der Waals surface area contributed by atoms with Gasteiger partial charge in [-0.2, -0.15) is 0 Å². The molecule has 6 heteroatoms. The molecule has 146 valence electrons. The second-order valence-electron chi connectivity index (χ2n) is 7.93. The topological polar surface area (TPSA) is 66.0 Å². The molecule has 2 N–H and O–H groups in total. The summed E-state index contributed by atoms with van der Waals surface area (Å²) in [6, 6.07) is 0. The van der Waals surface area contributed by atoms with E-state index in [4.69, 9.17) is 4.74 Å². The molecule has 1 rings (SSSR count). The number of guanidine groups is 1. The third kappa shape index (κ3) is 8.45. The lowest BCUT2D eigenvalue weighted by Gasteiger charge is -2.33. The van der Waals surface area contributed by atoms with E-state index in [0.29, 0.717) is 11.8 Å². The maximum atomic E-state index is 12.1. The lowest BCUT2D eigenvalue weighted by molar-refractivity contribution is 0.0185. The number of likely N-dealkylation sites (tertiary alicyclic amines) is 1. The third-order valence-electron chi connectivity index (χ3n) is 4.76. The van der Waals surface area contributed by atoms with Crippen LogP contribution in [-0.4, -0.2) is 55.8 Å². The zero-order valence-corrected chi connectivity index (χ0v) is 17.0. The zero-order chi connectivity index (χ0) is 18.9. The minimum absolute atomic E-state index is 0.193. The molecule has 1 fully saturated rings. The molecule has 1 aliphatic heterocycles. The summed E-state index contributed by atoms with van der Waals surface area (Å²) in [6.07, 6.45) is 4.17. The van der Waals surface area contributed by atoms with Crippen LogP contribution in [0.3, 0.4) is 0 Å². The lowest BCUT2D eigenvalue weighted by Crippen LogP contribution is -2.45. The van der Waals surface area contributed by atoms with Crippen LogP contribution in [0.1, 0.15) is 60.3 Å². The molecule has 1 aliphatic rings. The van der Waals surface area contributed by atoms with Gasteiger partial charge in [0.25, 0.3) is 0 Å². The van der Waals surface area contributed by atoms with E-state index in [-0.39, 0.29) is 6.09 Å². The van der Waals surface area contributed by atoms with Gasteiger partial charge < -0.3 is 20.3 Å². The highest BCUT2D eigenvalue weighted by Gasteiger charge is 2.26. The molecule has 1 heterocycles. The van der Waals surface area contributed by atoms with Crippen molar-refractivity contribution in [2.45, 2.75) is 65.9 Å². The van der Waals surface area contributed by atoms with E-state index in [1.54, 1.807) is 0 Å². The van der Waals surface area contributed by atoms with Crippen LogP contribution in [0.4, 0.5) is 4.79 Å². The minimum atomic E-state index is -0.428. The maximum absolute atomic E-state index is 12.1. The molecule has 0 radical (unpaired) electrons. The number of nitrogens with zero attached hydrogens (tertiary/aromatic N) is 2. The number of nitrogens with one attached hydrogen (secondary N) is 2. The van der Waals surface area contributed by atoms with Gasteiger partial charge in [0.15, 0.2) is 5.96 Å². The first-order valence-corrected chi connectivity index (χ1v) is 9.71. The Bertz CT molecular complexity index is 420. The second-order valence-corrected chi connectivity index (χ2v) is 7.93. The molecule has 1 amide bonds. The molecule has 25 heavy (non-hydrogen) atoms. The lowest BCUT2D eigenvalue weighted by atomic mass is 9.97. The summed E-state index contributed by atoms with van der Waals surface area (Å²) in [6.45, 7) is 13.6. The summed E-state index contributed by atoms with van der Waals surface area (Å²) < 4.78 is 5.45. The number of piperidine rings is 1. The Kier molecular flexibility index (Phi) is 9.08. The number of ether oxygens (including phenoxy) is 1. The number of hydrogen-bond donors (Lipinski definition) is 2. The van der Waals surface area contributed by atoms with Crippen LogP contribution in [0.15, 0.2) is 4.99 Å². The fraction of sp³-hybridized carbons (Fsp3) is 0.895. The van der Waals surface area contributed by atoms with Crippen molar-refractivity contribution in [2.75, 3.05) is 33.2 Å². The summed E-state index contributed by atoms with van der Waals surface area (Å²) in [4.78, 5) is 18.2. The molecule has 0 unspecified atom stereocenters. The van der Waals surface area contributed by atoms with Crippen LogP contribution < -0.4 is 10.6 Å². The number of hydrogen-bond acceptors (Lipinski definition) is 3. The second kappa shape index (κ2) is 10.5. The number of rotatable bonds is 6. The van der Waals surface area contributed by atoms with Crippen LogP contribution >= 0.6 is 0 Å². The average molecular weight is 355 g/mol. The predicted molar refractivity (Wildman–Crippen MR) is 104 cm³/mol. The Morgan fingerprint density at radius 2 is 1.80 bits per heavy atom. The van der Waals surface area contributed by atoms with E-state index in [0.717, 1.165) is 45.0 Å². The van der Waals surface area contributed by atoms with Gasteiger partial charge >= 0.3 is 6.09 Å². The molecular formula is C19H38N4O2. The normalized spacial score (nSPS) is 16.9. The van der Waals surface area contributed by atoms with Crippen molar-refractivity contribution in [2.24, 2.45) is 16.8 Å². The van der Waals surface area contributed by atoms with Crippen molar-refractivity contribution >= 4 is 12.1 Å². The molecule has 1 saturated heterocycles. The fourth-order valence-corrected chi connectivity index (χ4v) is 2.93. The van der Waals surface area contributed by atoms with Gasteiger partial charge in [-0.25, -0.2) is 4.79 Å². The minimum Gasteiger partial charge on any atom is -0.444 e. The molecule has 0 aromatic rings. The molecule has 6 nitrogen and oxygen atoms in total. The molecule has 0 aromatic carbocycles. The van der Waals surface area contributed by atoms with Crippen molar-refractivity contribution < 1.29 is 9.53 Å². The summed E-state index contributed by atoms with van der Waals surface area (Å²) in [7, 11) is 1.81. The van der Waals surface area contributed by atoms with E-state index in [2.05, 4.69) is 29.5 Å². The quantitative estimate of drug-likeness (QED) is 0.568. The van der Waals surface area contributed by atoms with Gasteiger partial charge in [-0.05, 0) is 45.4 Å². The molecular weight excluding hydrogens is 316 g/mol. The van der Waals surface area contributed by atoms with E-state index in [9.17, 15) is 4.79 Å². The van der Waals surface area contributed by atoms with Gasteiger partial charge in [0.2, 0.25) is 0 Å². The smallest absolute Gasteiger partial charge is 0.410 e. The van der Waals surface area contributed by atoms with Gasteiger partial charge in [0, 0.05) is 33.2 Å². The first-order chi connectivity index (χ1) is 11.8. The number of amides is 1. The Hall–Kier alpha value is -1.46. The summed E-state index contributed by atoms with van der Waals surface area (Å²) in [5, 5.41) is 6.85. The van der Waals surface area contributed by atoms with Crippen LogP contribution in [0.2, 0.25) is 0 Å². The SMILES string of the molecule is CCC(CC)CNC(=NC)NCC1CCN(C(=O)OC(C)(C)C)CC1. The Balaban J connectivity index is 2.30. The third-order valence-corrected chi connectivity index (χ3v) is 4.76. The standard InChI is InChI=1S/C19H38N4O2/c1-7-15(8-2)13-21-17(20-6)22-14-16-9-11-23(12-10-16)18(24)25-19(3,4)5/h15-16H,7-14H2,1-6H3,(H2,20,21,22).